The predicted molar refractivity (Wildman–Crippen MR) is 102 cm³/mol. The lowest BCUT2D eigenvalue weighted by Crippen LogP contribution is -2.20. The van der Waals surface area contributed by atoms with Crippen molar-refractivity contribution in [1.29, 1.82) is 5.26 Å². The van der Waals surface area contributed by atoms with E-state index in [1.165, 1.54) is 0 Å². The van der Waals surface area contributed by atoms with Crippen LogP contribution in [0.4, 0.5) is 11.4 Å². The zero-order valence-electron chi connectivity index (χ0n) is 15.2. The van der Waals surface area contributed by atoms with Gasteiger partial charge in [0.2, 0.25) is 11.8 Å². The second kappa shape index (κ2) is 7.92. The number of anilines is 2. The summed E-state index contributed by atoms with van der Waals surface area (Å²) >= 11 is 0. The molecule has 2 N–H and O–H groups in total. The summed E-state index contributed by atoms with van der Waals surface area (Å²) in [7, 11) is 0. The van der Waals surface area contributed by atoms with E-state index in [-0.39, 0.29) is 29.8 Å². The predicted octanol–water partition coefficient (Wildman–Crippen LogP) is 3.56. The Hall–Kier alpha value is -3.33. The van der Waals surface area contributed by atoms with E-state index in [0.29, 0.717) is 23.4 Å². The first-order chi connectivity index (χ1) is 13.0. The van der Waals surface area contributed by atoms with Crippen molar-refractivity contribution in [3.8, 4) is 11.8 Å². The van der Waals surface area contributed by atoms with Gasteiger partial charge in [-0.05, 0) is 68.8 Å². The summed E-state index contributed by atoms with van der Waals surface area (Å²) in [5.74, 6) is -0.249. The van der Waals surface area contributed by atoms with Crippen molar-refractivity contribution in [2.45, 2.75) is 26.4 Å². The number of carbonyl (C=O) groups excluding carboxylic acids is 2. The number of nitrogens with one attached hydrogen (secondary N) is 2. The maximum absolute atomic E-state index is 12.3. The number of ether oxygens (including phenoxy) is 1. The molecule has 1 saturated carbocycles. The Kier molecular flexibility index (Phi) is 5.41. The smallest absolute Gasteiger partial charge is 0.228 e. The van der Waals surface area contributed by atoms with Crippen LogP contribution in [-0.2, 0) is 9.59 Å². The van der Waals surface area contributed by atoms with E-state index >= 15 is 0 Å². The van der Waals surface area contributed by atoms with Crippen LogP contribution in [0.5, 0.6) is 5.75 Å². The minimum Gasteiger partial charge on any atom is -0.491 e. The van der Waals surface area contributed by atoms with Crippen LogP contribution in [0, 0.1) is 23.2 Å². The molecular formula is C21H21N3O3. The van der Waals surface area contributed by atoms with Gasteiger partial charge in [-0.15, -0.1) is 0 Å². The van der Waals surface area contributed by atoms with E-state index in [1.807, 2.05) is 19.9 Å². The van der Waals surface area contributed by atoms with Crippen molar-refractivity contribution in [3.63, 3.8) is 0 Å². The van der Waals surface area contributed by atoms with Crippen molar-refractivity contribution in [2.24, 2.45) is 11.8 Å². The monoisotopic (exact) mass is 363 g/mol. The molecule has 2 aromatic carbocycles. The number of carbonyl (C=O) groups is 2. The molecule has 6 heteroatoms. The fraction of sp³-hybridized carbons (Fsp3) is 0.286. The molecule has 2 amide bonds. The number of nitriles is 1. The Morgan fingerprint density at radius 2 is 1.44 bits per heavy atom. The molecule has 0 saturated heterocycles. The van der Waals surface area contributed by atoms with Crippen LogP contribution in [0.3, 0.4) is 0 Å². The average Bonchev–Trinajstić information content (AvgIpc) is 3.45. The highest BCUT2D eigenvalue weighted by atomic mass is 16.5. The van der Waals surface area contributed by atoms with E-state index in [2.05, 4.69) is 10.6 Å². The van der Waals surface area contributed by atoms with Crippen LogP contribution in [0.25, 0.3) is 0 Å². The molecule has 2 aromatic rings. The highest BCUT2D eigenvalue weighted by Crippen LogP contribution is 2.40. The van der Waals surface area contributed by atoms with Gasteiger partial charge < -0.3 is 15.4 Å². The fourth-order valence-corrected chi connectivity index (χ4v) is 2.76. The molecule has 2 unspecified atom stereocenters. The number of benzene rings is 2. The third kappa shape index (κ3) is 4.85. The van der Waals surface area contributed by atoms with Crippen LogP contribution in [-0.4, -0.2) is 17.9 Å². The van der Waals surface area contributed by atoms with Crippen molar-refractivity contribution < 1.29 is 14.3 Å². The number of hydrogen-bond acceptors (Lipinski definition) is 4. The minimum absolute atomic E-state index is 0.0901. The second-order valence-corrected chi connectivity index (χ2v) is 6.81. The average molecular weight is 363 g/mol. The molecule has 6 nitrogen and oxygen atoms in total. The highest BCUT2D eigenvalue weighted by Gasteiger charge is 2.48. The molecule has 0 bridgehead atoms. The molecule has 0 aromatic heterocycles. The standard InChI is InChI=1S/C21H21N3O3/c1-13(2)27-17-9-7-16(8-10-17)24-21(26)19-11-18(19)20(25)23-15-5-3-14(12-22)4-6-15/h3-10,13,18-19H,11H2,1-2H3,(H,23,25)(H,24,26). The molecule has 0 aliphatic heterocycles. The lowest BCUT2D eigenvalue weighted by Gasteiger charge is -2.10. The van der Waals surface area contributed by atoms with Crippen molar-refractivity contribution in [3.05, 3.63) is 54.1 Å². The van der Waals surface area contributed by atoms with Gasteiger partial charge in [-0.25, -0.2) is 0 Å². The SMILES string of the molecule is CC(C)Oc1ccc(NC(=O)C2CC2C(=O)Nc2ccc(C#N)cc2)cc1. The van der Waals surface area contributed by atoms with E-state index in [4.69, 9.17) is 10.00 Å². The lowest BCUT2D eigenvalue weighted by atomic mass is 10.2. The summed E-state index contributed by atoms with van der Waals surface area (Å²) in [6.07, 6.45) is 0.620. The first kappa shape index (κ1) is 18.5. The molecule has 138 valence electrons. The number of rotatable bonds is 6. The molecule has 3 rings (SSSR count). The summed E-state index contributed by atoms with van der Waals surface area (Å²) in [4.78, 5) is 24.6. The summed E-state index contributed by atoms with van der Waals surface area (Å²) in [5, 5.41) is 14.4. The van der Waals surface area contributed by atoms with E-state index < -0.39 is 0 Å². The van der Waals surface area contributed by atoms with Gasteiger partial charge >= 0.3 is 0 Å². The van der Waals surface area contributed by atoms with Gasteiger partial charge in [-0.2, -0.15) is 5.26 Å². The van der Waals surface area contributed by atoms with Crippen LogP contribution >= 0.6 is 0 Å². The molecule has 2 atom stereocenters. The van der Waals surface area contributed by atoms with Crippen LogP contribution in [0.1, 0.15) is 25.8 Å². The number of amides is 2. The largest absolute Gasteiger partial charge is 0.491 e. The zero-order chi connectivity index (χ0) is 19.4. The van der Waals surface area contributed by atoms with Gasteiger partial charge in [0.1, 0.15) is 5.75 Å². The van der Waals surface area contributed by atoms with Crippen molar-refractivity contribution >= 4 is 23.2 Å². The fourth-order valence-electron chi connectivity index (χ4n) is 2.76. The topological polar surface area (TPSA) is 91.2 Å². The van der Waals surface area contributed by atoms with Gasteiger partial charge in [0.05, 0.1) is 29.6 Å². The molecular weight excluding hydrogens is 342 g/mol. The van der Waals surface area contributed by atoms with E-state index in [9.17, 15) is 9.59 Å². The Bertz CT molecular complexity index is 867. The van der Waals surface area contributed by atoms with Crippen LogP contribution in [0.2, 0.25) is 0 Å². The quantitative estimate of drug-likeness (QED) is 0.821. The molecule has 27 heavy (non-hydrogen) atoms. The molecule has 0 spiro atoms. The first-order valence-corrected chi connectivity index (χ1v) is 8.85. The summed E-state index contributed by atoms with van der Waals surface area (Å²) in [6.45, 7) is 3.90. The lowest BCUT2D eigenvalue weighted by molar-refractivity contribution is -0.122. The van der Waals surface area contributed by atoms with Gasteiger partial charge in [0, 0.05) is 11.4 Å². The van der Waals surface area contributed by atoms with Gasteiger partial charge in [-0.3, -0.25) is 9.59 Å². The normalized spacial score (nSPS) is 17.7. The Balaban J connectivity index is 1.50. The van der Waals surface area contributed by atoms with E-state index in [0.717, 1.165) is 5.75 Å². The summed E-state index contributed by atoms with van der Waals surface area (Å²) in [5.41, 5.74) is 1.82. The van der Waals surface area contributed by atoms with Crippen molar-refractivity contribution in [2.75, 3.05) is 10.6 Å². The van der Waals surface area contributed by atoms with Crippen molar-refractivity contribution in [1.82, 2.24) is 0 Å². The maximum Gasteiger partial charge on any atom is 0.228 e. The first-order valence-electron chi connectivity index (χ1n) is 8.85. The molecule has 1 aliphatic rings. The van der Waals surface area contributed by atoms with Crippen LogP contribution < -0.4 is 15.4 Å². The summed E-state index contributed by atoms with van der Waals surface area (Å²) < 4.78 is 5.57. The highest BCUT2D eigenvalue weighted by molar-refractivity contribution is 6.03. The summed E-state index contributed by atoms with van der Waals surface area (Å²) in [6, 6.07) is 15.8. The Labute approximate surface area is 158 Å². The Morgan fingerprint density at radius 3 is 1.89 bits per heavy atom. The number of nitrogens with zero attached hydrogens (tertiary/aromatic N) is 1. The van der Waals surface area contributed by atoms with Gasteiger partial charge in [0.15, 0.2) is 0 Å². The third-order valence-electron chi connectivity index (χ3n) is 4.24. The zero-order valence-corrected chi connectivity index (χ0v) is 15.2. The number of hydrogen-bond donors (Lipinski definition) is 2. The molecule has 1 fully saturated rings. The molecule has 0 heterocycles. The van der Waals surface area contributed by atoms with Gasteiger partial charge in [0.25, 0.3) is 0 Å². The molecule has 0 radical (unpaired) electrons. The third-order valence-corrected chi connectivity index (χ3v) is 4.24. The molecule has 1 aliphatic carbocycles. The minimum atomic E-state index is -0.329. The maximum atomic E-state index is 12.3. The van der Waals surface area contributed by atoms with Gasteiger partial charge in [-0.1, -0.05) is 0 Å². The second-order valence-electron chi connectivity index (χ2n) is 6.81. The van der Waals surface area contributed by atoms with Crippen LogP contribution in [0.15, 0.2) is 48.5 Å². The Morgan fingerprint density at radius 1 is 0.963 bits per heavy atom. The van der Waals surface area contributed by atoms with E-state index in [1.54, 1.807) is 48.5 Å².